The number of ether oxygens (including phenoxy) is 2. The van der Waals surface area contributed by atoms with Crippen LogP contribution < -0.4 is 4.74 Å². The predicted molar refractivity (Wildman–Crippen MR) is 113 cm³/mol. The molecule has 0 spiro atoms. The zero-order valence-electron chi connectivity index (χ0n) is 17.3. The van der Waals surface area contributed by atoms with Gasteiger partial charge in [-0.15, -0.1) is 0 Å². The van der Waals surface area contributed by atoms with E-state index in [2.05, 4.69) is 9.97 Å². The highest BCUT2D eigenvalue weighted by molar-refractivity contribution is 5.74. The van der Waals surface area contributed by atoms with E-state index in [9.17, 15) is 4.79 Å². The number of esters is 1. The van der Waals surface area contributed by atoms with Gasteiger partial charge in [-0.3, -0.25) is 4.79 Å². The summed E-state index contributed by atoms with van der Waals surface area (Å²) in [6.07, 6.45) is 1.71. The lowest BCUT2D eigenvalue weighted by molar-refractivity contribution is -0.153. The van der Waals surface area contributed by atoms with E-state index in [-0.39, 0.29) is 12.4 Å². The number of carbonyl (C=O) groups excluding carboxylic acids is 1. The third-order valence-electron chi connectivity index (χ3n) is 4.08. The molecule has 0 atom stereocenters. The molecule has 1 aromatic heterocycles. The number of benzene rings is 2. The number of carbonyl (C=O) groups is 1. The van der Waals surface area contributed by atoms with Crippen LogP contribution in [0.1, 0.15) is 37.6 Å². The second-order valence-corrected chi connectivity index (χ2v) is 7.74. The molecule has 3 aromatic rings. The summed E-state index contributed by atoms with van der Waals surface area (Å²) in [5, 5.41) is 9.03. The first-order chi connectivity index (χ1) is 14.3. The van der Waals surface area contributed by atoms with Crippen LogP contribution in [0.3, 0.4) is 0 Å². The quantitative estimate of drug-likeness (QED) is 0.566. The Morgan fingerprint density at radius 1 is 1.10 bits per heavy atom. The monoisotopic (exact) mass is 401 g/mol. The number of para-hydroxylation sites is 1. The van der Waals surface area contributed by atoms with Crippen LogP contribution in [0, 0.1) is 11.3 Å². The van der Waals surface area contributed by atoms with Crippen molar-refractivity contribution in [2.75, 3.05) is 0 Å². The van der Waals surface area contributed by atoms with Gasteiger partial charge >= 0.3 is 5.97 Å². The van der Waals surface area contributed by atoms with Crippen molar-refractivity contribution in [2.45, 2.75) is 39.4 Å². The SMILES string of the molecule is CC(C)(C)OC(=O)Cc1ccccc1OCc1cccc(-c2nccc(C#N)n2)c1. The van der Waals surface area contributed by atoms with Crippen molar-refractivity contribution in [3.63, 3.8) is 0 Å². The summed E-state index contributed by atoms with van der Waals surface area (Å²) in [6, 6.07) is 18.7. The third-order valence-corrected chi connectivity index (χ3v) is 4.08. The van der Waals surface area contributed by atoms with Gasteiger partial charge in [0, 0.05) is 17.3 Å². The van der Waals surface area contributed by atoms with Crippen LogP contribution in [0.5, 0.6) is 5.75 Å². The molecule has 0 fully saturated rings. The van der Waals surface area contributed by atoms with Gasteiger partial charge in [0.05, 0.1) is 6.42 Å². The molecule has 0 aliphatic heterocycles. The Morgan fingerprint density at radius 3 is 2.67 bits per heavy atom. The fourth-order valence-corrected chi connectivity index (χ4v) is 2.85. The number of nitriles is 1. The van der Waals surface area contributed by atoms with Crippen LogP contribution in [0.25, 0.3) is 11.4 Å². The maximum absolute atomic E-state index is 12.2. The van der Waals surface area contributed by atoms with Crippen LogP contribution >= 0.6 is 0 Å². The Labute approximate surface area is 176 Å². The third kappa shape index (κ3) is 5.89. The maximum atomic E-state index is 12.2. The minimum absolute atomic E-state index is 0.141. The number of aromatic nitrogens is 2. The van der Waals surface area contributed by atoms with Gasteiger partial charge in [0.25, 0.3) is 0 Å². The topological polar surface area (TPSA) is 85.1 Å². The second-order valence-electron chi connectivity index (χ2n) is 7.74. The van der Waals surface area contributed by atoms with Gasteiger partial charge in [0.2, 0.25) is 0 Å². The lowest BCUT2D eigenvalue weighted by Gasteiger charge is -2.20. The van der Waals surface area contributed by atoms with Crippen LogP contribution in [0.4, 0.5) is 0 Å². The zero-order valence-corrected chi connectivity index (χ0v) is 17.3. The summed E-state index contributed by atoms with van der Waals surface area (Å²) >= 11 is 0. The van der Waals surface area contributed by atoms with Crippen molar-refractivity contribution in [2.24, 2.45) is 0 Å². The highest BCUT2D eigenvalue weighted by Gasteiger charge is 2.18. The standard InChI is InChI=1S/C24H23N3O3/c1-24(2,3)30-22(28)14-18-8-4-5-10-21(18)29-16-17-7-6-9-19(13-17)23-26-12-11-20(15-25)27-23/h4-13H,14,16H2,1-3H3. The molecule has 0 saturated carbocycles. The van der Waals surface area contributed by atoms with E-state index < -0.39 is 5.60 Å². The Balaban J connectivity index is 1.72. The number of nitrogens with zero attached hydrogens (tertiary/aromatic N) is 3. The summed E-state index contributed by atoms with van der Waals surface area (Å²) in [4.78, 5) is 20.7. The molecular weight excluding hydrogens is 378 g/mol. The molecule has 0 aliphatic rings. The van der Waals surface area contributed by atoms with Gasteiger partial charge in [-0.2, -0.15) is 5.26 Å². The molecular formula is C24H23N3O3. The average molecular weight is 401 g/mol. The lowest BCUT2D eigenvalue weighted by atomic mass is 10.1. The van der Waals surface area contributed by atoms with Gasteiger partial charge in [0.1, 0.15) is 29.7 Å². The van der Waals surface area contributed by atoms with E-state index >= 15 is 0 Å². The molecule has 152 valence electrons. The molecule has 0 amide bonds. The fraction of sp³-hybridized carbons (Fsp3) is 0.250. The summed E-state index contributed by atoms with van der Waals surface area (Å²) in [5.41, 5.74) is 2.28. The van der Waals surface area contributed by atoms with Crippen molar-refractivity contribution >= 4 is 5.97 Å². The van der Waals surface area contributed by atoms with Crippen molar-refractivity contribution in [1.29, 1.82) is 5.26 Å². The van der Waals surface area contributed by atoms with Gasteiger partial charge in [-0.05, 0) is 44.5 Å². The Bertz CT molecular complexity index is 1080. The van der Waals surface area contributed by atoms with E-state index in [0.29, 0.717) is 23.9 Å². The molecule has 0 N–H and O–H groups in total. The van der Waals surface area contributed by atoms with Crippen molar-refractivity contribution in [3.05, 3.63) is 77.6 Å². The first kappa shape index (κ1) is 21.0. The average Bonchev–Trinajstić information content (AvgIpc) is 2.72. The summed E-state index contributed by atoms with van der Waals surface area (Å²) in [5.74, 6) is 0.827. The van der Waals surface area contributed by atoms with E-state index in [4.69, 9.17) is 14.7 Å². The van der Waals surface area contributed by atoms with E-state index in [1.807, 2.05) is 75.4 Å². The molecule has 0 unspecified atom stereocenters. The molecule has 30 heavy (non-hydrogen) atoms. The Hall–Kier alpha value is -3.72. The first-order valence-electron chi connectivity index (χ1n) is 9.59. The number of rotatable bonds is 6. The maximum Gasteiger partial charge on any atom is 0.310 e. The smallest absolute Gasteiger partial charge is 0.310 e. The molecule has 0 aliphatic carbocycles. The van der Waals surface area contributed by atoms with Gasteiger partial charge in [-0.1, -0.05) is 36.4 Å². The Kier molecular flexibility index (Phi) is 6.43. The lowest BCUT2D eigenvalue weighted by Crippen LogP contribution is -2.25. The first-order valence-corrected chi connectivity index (χ1v) is 9.59. The van der Waals surface area contributed by atoms with Gasteiger partial charge in [0.15, 0.2) is 5.82 Å². The fourth-order valence-electron chi connectivity index (χ4n) is 2.85. The molecule has 6 heteroatoms. The molecule has 1 heterocycles. The van der Waals surface area contributed by atoms with E-state index in [0.717, 1.165) is 16.7 Å². The van der Waals surface area contributed by atoms with E-state index in [1.165, 1.54) is 0 Å². The minimum atomic E-state index is -0.530. The van der Waals surface area contributed by atoms with Crippen molar-refractivity contribution < 1.29 is 14.3 Å². The van der Waals surface area contributed by atoms with Crippen LogP contribution in [0.15, 0.2) is 60.8 Å². The van der Waals surface area contributed by atoms with Crippen LogP contribution in [0.2, 0.25) is 0 Å². The van der Waals surface area contributed by atoms with Crippen molar-refractivity contribution in [3.8, 4) is 23.2 Å². The summed E-state index contributed by atoms with van der Waals surface area (Å²) in [7, 11) is 0. The molecule has 3 rings (SSSR count). The molecule has 2 aromatic carbocycles. The van der Waals surface area contributed by atoms with Crippen LogP contribution in [-0.4, -0.2) is 21.5 Å². The number of hydrogen-bond donors (Lipinski definition) is 0. The highest BCUT2D eigenvalue weighted by Crippen LogP contribution is 2.23. The number of hydrogen-bond acceptors (Lipinski definition) is 6. The minimum Gasteiger partial charge on any atom is -0.489 e. The normalized spacial score (nSPS) is 10.9. The summed E-state index contributed by atoms with van der Waals surface area (Å²) in [6.45, 7) is 5.85. The largest absolute Gasteiger partial charge is 0.489 e. The molecule has 0 radical (unpaired) electrons. The van der Waals surface area contributed by atoms with Gasteiger partial charge < -0.3 is 9.47 Å². The van der Waals surface area contributed by atoms with E-state index in [1.54, 1.807) is 12.3 Å². The van der Waals surface area contributed by atoms with Crippen molar-refractivity contribution in [1.82, 2.24) is 9.97 Å². The Morgan fingerprint density at radius 2 is 1.90 bits per heavy atom. The van der Waals surface area contributed by atoms with Gasteiger partial charge in [-0.25, -0.2) is 9.97 Å². The predicted octanol–water partition coefficient (Wildman–Crippen LogP) is 4.48. The molecule has 0 bridgehead atoms. The zero-order chi connectivity index (χ0) is 21.6. The second kappa shape index (κ2) is 9.19. The highest BCUT2D eigenvalue weighted by atomic mass is 16.6. The summed E-state index contributed by atoms with van der Waals surface area (Å²) < 4.78 is 11.4. The molecule has 0 saturated heterocycles. The van der Waals surface area contributed by atoms with Crippen LogP contribution in [-0.2, 0) is 22.6 Å². The molecule has 6 nitrogen and oxygen atoms in total.